The van der Waals surface area contributed by atoms with Crippen LogP contribution in [-0.4, -0.2) is 58.0 Å². The van der Waals surface area contributed by atoms with E-state index < -0.39 is 0 Å². The molecule has 1 fully saturated rings. The number of nitrogens with zero attached hydrogens (tertiary/aromatic N) is 8. The summed E-state index contributed by atoms with van der Waals surface area (Å²) in [5.41, 5.74) is 1.48. The van der Waals surface area contributed by atoms with Gasteiger partial charge in [0.2, 0.25) is 0 Å². The normalized spacial score (nSPS) is 15.3. The Hall–Kier alpha value is -2.97. The number of amides is 1. The van der Waals surface area contributed by atoms with Crippen molar-refractivity contribution in [2.45, 2.75) is 45.7 Å². The maximum Gasteiger partial charge on any atom is 0.257 e. The fourth-order valence-electron chi connectivity index (χ4n) is 3.98. The summed E-state index contributed by atoms with van der Waals surface area (Å²) < 4.78 is 5.89. The van der Waals surface area contributed by atoms with Gasteiger partial charge < -0.3 is 14.0 Å². The van der Waals surface area contributed by atoms with Crippen molar-refractivity contribution in [2.24, 2.45) is 7.05 Å². The van der Waals surface area contributed by atoms with Crippen LogP contribution in [0.2, 0.25) is 0 Å². The lowest BCUT2D eigenvalue weighted by atomic mass is 9.95. The largest absolute Gasteiger partial charge is 0.338 e. The second-order valence-electron chi connectivity index (χ2n) is 7.32. The van der Waals surface area contributed by atoms with E-state index >= 15 is 0 Å². The van der Waals surface area contributed by atoms with Crippen LogP contribution in [0, 0.1) is 6.92 Å². The second-order valence-corrected chi connectivity index (χ2v) is 7.32. The summed E-state index contributed by atoms with van der Waals surface area (Å²) in [6.07, 6.45) is 9.09. The predicted octanol–water partition coefficient (Wildman–Crippen LogP) is 1.60. The number of carbonyl (C=O) groups is 1. The molecule has 148 valence electrons. The zero-order valence-corrected chi connectivity index (χ0v) is 16.6. The quantitative estimate of drug-likeness (QED) is 0.669. The van der Waals surface area contributed by atoms with E-state index in [-0.39, 0.29) is 5.91 Å². The monoisotopic (exact) mass is 382 g/mol. The molecule has 0 spiro atoms. The molecule has 0 atom stereocenters. The molecule has 1 saturated heterocycles. The number of hydrogen-bond acceptors (Lipinski definition) is 5. The molecule has 0 aliphatic carbocycles. The first-order valence-electron chi connectivity index (χ1n) is 9.74. The highest BCUT2D eigenvalue weighted by molar-refractivity contribution is 5.95. The lowest BCUT2D eigenvalue weighted by Gasteiger charge is -2.31. The Kier molecular flexibility index (Phi) is 4.97. The van der Waals surface area contributed by atoms with Crippen LogP contribution in [0.4, 0.5) is 0 Å². The van der Waals surface area contributed by atoms with Gasteiger partial charge >= 0.3 is 0 Å². The third-order valence-electron chi connectivity index (χ3n) is 5.45. The minimum atomic E-state index is 0.0711. The van der Waals surface area contributed by atoms with Crippen LogP contribution in [0.15, 0.2) is 24.9 Å². The first-order valence-corrected chi connectivity index (χ1v) is 9.74. The number of imidazole rings is 1. The summed E-state index contributed by atoms with van der Waals surface area (Å²) >= 11 is 0. The number of aryl methyl sites for hydroxylation is 2. The van der Waals surface area contributed by atoms with Gasteiger partial charge in [0.15, 0.2) is 5.82 Å². The van der Waals surface area contributed by atoms with Gasteiger partial charge in [0, 0.05) is 51.2 Å². The van der Waals surface area contributed by atoms with Crippen LogP contribution in [-0.2, 0) is 20.1 Å². The Labute approximate surface area is 164 Å². The number of likely N-dealkylation sites (tertiary alicyclic amines) is 1. The summed E-state index contributed by atoms with van der Waals surface area (Å²) in [7, 11) is 1.84. The molecular weight excluding hydrogens is 356 g/mol. The van der Waals surface area contributed by atoms with Crippen LogP contribution in [0.3, 0.4) is 0 Å². The van der Waals surface area contributed by atoms with Crippen molar-refractivity contribution in [3.8, 4) is 0 Å². The van der Waals surface area contributed by atoms with E-state index in [1.54, 1.807) is 23.4 Å². The van der Waals surface area contributed by atoms with Crippen molar-refractivity contribution < 1.29 is 4.79 Å². The third-order valence-corrected chi connectivity index (χ3v) is 5.45. The number of rotatable bonds is 5. The fourth-order valence-corrected chi connectivity index (χ4v) is 3.98. The van der Waals surface area contributed by atoms with E-state index in [1.807, 2.05) is 29.6 Å². The van der Waals surface area contributed by atoms with Crippen LogP contribution < -0.4 is 0 Å². The van der Waals surface area contributed by atoms with Crippen LogP contribution in [0.25, 0.3) is 0 Å². The predicted molar refractivity (Wildman–Crippen MR) is 103 cm³/mol. The van der Waals surface area contributed by atoms with Gasteiger partial charge in [0.05, 0.1) is 24.1 Å². The number of piperidine rings is 1. The second kappa shape index (κ2) is 7.57. The van der Waals surface area contributed by atoms with E-state index in [9.17, 15) is 4.79 Å². The summed E-state index contributed by atoms with van der Waals surface area (Å²) in [5.74, 6) is 2.37. The van der Waals surface area contributed by atoms with Crippen LogP contribution in [0.1, 0.15) is 53.4 Å². The lowest BCUT2D eigenvalue weighted by molar-refractivity contribution is 0.0709. The maximum atomic E-state index is 12.8. The first kappa shape index (κ1) is 18.4. The van der Waals surface area contributed by atoms with E-state index in [0.29, 0.717) is 18.0 Å². The van der Waals surface area contributed by atoms with E-state index in [1.165, 1.54) is 0 Å². The topological polar surface area (TPSA) is 86.7 Å². The molecule has 0 radical (unpaired) electrons. The molecule has 9 heteroatoms. The average molecular weight is 382 g/mol. The molecule has 3 aromatic heterocycles. The molecule has 1 aliphatic rings. The van der Waals surface area contributed by atoms with Gasteiger partial charge in [-0.2, -0.15) is 5.10 Å². The Morgan fingerprint density at radius 3 is 2.64 bits per heavy atom. The van der Waals surface area contributed by atoms with Gasteiger partial charge in [-0.25, -0.2) is 4.98 Å². The van der Waals surface area contributed by atoms with Gasteiger partial charge in [-0.15, -0.1) is 10.2 Å². The zero-order chi connectivity index (χ0) is 19.7. The van der Waals surface area contributed by atoms with Crippen LogP contribution >= 0.6 is 0 Å². The standard InChI is InChI=1S/C19H26N8O/c1-4-27-17(12-25-10-7-20-13-25)21-22-18(27)15-5-8-26(9-6-15)19(28)16-11-24(3)23-14(16)2/h7,10-11,13,15H,4-6,8-9,12H2,1-3H3. The van der Waals surface area contributed by atoms with Gasteiger partial charge in [0.1, 0.15) is 5.82 Å². The van der Waals surface area contributed by atoms with Crippen molar-refractivity contribution in [3.05, 3.63) is 47.8 Å². The van der Waals surface area contributed by atoms with Crippen molar-refractivity contribution in [3.63, 3.8) is 0 Å². The molecule has 9 nitrogen and oxygen atoms in total. The Bertz CT molecular complexity index is 947. The molecule has 0 saturated carbocycles. The number of aromatic nitrogens is 7. The van der Waals surface area contributed by atoms with Gasteiger partial charge in [0.25, 0.3) is 5.91 Å². The van der Waals surface area contributed by atoms with Gasteiger partial charge in [-0.05, 0) is 26.7 Å². The van der Waals surface area contributed by atoms with E-state index in [4.69, 9.17) is 0 Å². The SMILES string of the molecule is CCn1c(Cn2ccnc2)nnc1C1CCN(C(=O)c2cn(C)nc2C)CC1. The van der Waals surface area contributed by atoms with Crippen molar-refractivity contribution in [1.82, 2.24) is 39.0 Å². The highest BCUT2D eigenvalue weighted by Crippen LogP contribution is 2.28. The number of carbonyl (C=O) groups excluding carboxylic acids is 1. The molecule has 3 aromatic rings. The van der Waals surface area contributed by atoms with Crippen molar-refractivity contribution >= 4 is 5.91 Å². The molecule has 0 aromatic carbocycles. The molecule has 1 amide bonds. The number of hydrogen-bond donors (Lipinski definition) is 0. The fraction of sp³-hybridized carbons (Fsp3) is 0.526. The highest BCUT2D eigenvalue weighted by atomic mass is 16.2. The summed E-state index contributed by atoms with van der Waals surface area (Å²) in [4.78, 5) is 18.8. The van der Waals surface area contributed by atoms with E-state index in [2.05, 4.69) is 31.8 Å². The molecule has 28 heavy (non-hydrogen) atoms. The van der Waals surface area contributed by atoms with Gasteiger partial charge in [-0.1, -0.05) is 0 Å². The smallest absolute Gasteiger partial charge is 0.257 e. The van der Waals surface area contributed by atoms with E-state index in [0.717, 1.165) is 49.8 Å². The third kappa shape index (κ3) is 3.44. The minimum Gasteiger partial charge on any atom is -0.338 e. The minimum absolute atomic E-state index is 0.0711. The lowest BCUT2D eigenvalue weighted by Crippen LogP contribution is -2.38. The maximum absolute atomic E-state index is 12.8. The zero-order valence-electron chi connectivity index (χ0n) is 16.6. The Balaban J connectivity index is 1.44. The molecule has 0 unspecified atom stereocenters. The van der Waals surface area contributed by atoms with Crippen LogP contribution in [0.5, 0.6) is 0 Å². The molecule has 4 rings (SSSR count). The molecule has 4 heterocycles. The van der Waals surface area contributed by atoms with Crippen molar-refractivity contribution in [2.75, 3.05) is 13.1 Å². The highest BCUT2D eigenvalue weighted by Gasteiger charge is 2.29. The summed E-state index contributed by atoms with van der Waals surface area (Å²) in [6, 6.07) is 0. The molecule has 0 bridgehead atoms. The van der Waals surface area contributed by atoms with Gasteiger partial charge in [-0.3, -0.25) is 9.48 Å². The molecule has 0 N–H and O–H groups in total. The van der Waals surface area contributed by atoms with Crippen molar-refractivity contribution in [1.29, 1.82) is 0 Å². The Morgan fingerprint density at radius 1 is 1.25 bits per heavy atom. The summed E-state index contributed by atoms with van der Waals surface area (Å²) in [6.45, 7) is 6.95. The Morgan fingerprint density at radius 2 is 2.04 bits per heavy atom. The average Bonchev–Trinajstić information content (AvgIpc) is 3.42. The summed E-state index contributed by atoms with van der Waals surface area (Å²) in [5, 5.41) is 13.2. The first-order chi connectivity index (χ1) is 13.6. The molecular formula is C19H26N8O. The molecule has 1 aliphatic heterocycles.